The van der Waals surface area contributed by atoms with Gasteiger partial charge in [0.15, 0.2) is 5.82 Å². The third-order valence-corrected chi connectivity index (χ3v) is 3.62. The molecule has 3 N–H and O–H groups in total. The summed E-state index contributed by atoms with van der Waals surface area (Å²) >= 11 is 1.60. The Hall–Kier alpha value is -2.25. The van der Waals surface area contributed by atoms with E-state index in [1.807, 2.05) is 30.6 Å². The molecule has 0 atom stereocenters. The van der Waals surface area contributed by atoms with Crippen LogP contribution < -0.4 is 11.1 Å². The second-order valence-corrected chi connectivity index (χ2v) is 5.28. The van der Waals surface area contributed by atoms with E-state index in [0.29, 0.717) is 30.7 Å². The average Bonchev–Trinajstić information content (AvgIpc) is 2.92. The molecular formula is C14H15N5OS. The van der Waals surface area contributed by atoms with Crippen LogP contribution in [0.25, 0.3) is 10.2 Å². The lowest BCUT2D eigenvalue weighted by Gasteiger charge is -2.08. The van der Waals surface area contributed by atoms with Crippen LogP contribution in [0.5, 0.6) is 0 Å². The molecule has 21 heavy (non-hydrogen) atoms. The van der Waals surface area contributed by atoms with Crippen LogP contribution in [0, 0.1) is 0 Å². The van der Waals surface area contributed by atoms with Crippen molar-refractivity contribution in [3.63, 3.8) is 0 Å². The second kappa shape index (κ2) is 6.02. The van der Waals surface area contributed by atoms with E-state index < -0.39 is 0 Å². The van der Waals surface area contributed by atoms with Gasteiger partial charge in [0.2, 0.25) is 0 Å². The molecule has 0 aliphatic carbocycles. The zero-order valence-electron chi connectivity index (χ0n) is 11.5. The third-order valence-electron chi connectivity index (χ3n) is 2.83. The van der Waals surface area contributed by atoms with Crippen LogP contribution in [0.4, 0.5) is 17.3 Å². The number of nitrogen functional groups attached to an aromatic ring is 1. The lowest BCUT2D eigenvalue weighted by atomic mass is 10.3. The quantitative estimate of drug-likeness (QED) is 0.753. The average molecular weight is 301 g/mol. The lowest BCUT2D eigenvalue weighted by molar-refractivity contribution is 0.128. The summed E-state index contributed by atoms with van der Waals surface area (Å²) in [6, 6.07) is 7.67. The van der Waals surface area contributed by atoms with Gasteiger partial charge in [-0.15, -0.1) is 11.3 Å². The molecular weight excluding hydrogens is 286 g/mol. The molecule has 7 heteroatoms. The van der Waals surface area contributed by atoms with E-state index >= 15 is 0 Å². The fraction of sp³-hybridized carbons (Fsp3) is 0.214. The molecule has 0 fully saturated rings. The Bertz CT molecular complexity index is 758. The molecule has 3 aromatic rings. The molecule has 0 unspecified atom stereocenters. The highest BCUT2D eigenvalue weighted by Gasteiger charge is 2.05. The number of nitrogens with zero attached hydrogens (tertiary/aromatic N) is 3. The van der Waals surface area contributed by atoms with E-state index in [-0.39, 0.29) is 0 Å². The highest BCUT2D eigenvalue weighted by Crippen LogP contribution is 2.24. The van der Waals surface area contributed by atoms with Gasteiger partial charge in [0, 0.05) is 18.4 Å². The van der Waals surface area contributed by atoms with Crippen LogP contribution in [-0.4, -0.2) is 21.6 Å². The standard InChI is InChI=1S/C14H15N5OS/c1-2-20-7-14-18-12(15)6-13(19-14)17-9-3-4-10-11(5-9)21-8-16-10/h3-6,8H,2,7H2,1H3,(H3,15,17,18,19). The molecule has 6 nitrogen and oxygen atoms in total. The Morgan fingerprint density at radius 1 is 1.29 bits per heavy atom. The van der Waals surface area contributed by atoms with E-state index in [2.05, 4.69) is 20.3 Å². The van der Waals surface area contributed by atoms with Crippen molar-refractivity contribution >= 4 is 38.9 Å². The van der Waals surface area contributed by atoms with E-state index in [0.717, 1.165) is 15.9 Å². The van der Waals surface area contributed by atoms with Crippen molar-refractivity contribution in [1.82, 2.24) is 15.0 Å². The number of ether oxygens (including phenoxy) is 1. The number of aromatic nitrogens is 3. The summed E-state index contributed by atoms with van der Waals surface area (Å²) in [5, 5.41) is 3.24. The monoisotopic (exact) mass is 301 g/mol. The van der Waals surface area contributed by atoms with Crippen molar-refractivity contribution < 1.29 is 4.74 Å². The molecule has 0 bridgehead atoms. The van der Waals surface area contributed by atoms with E-state index in [1.54, 1.807) is 17.4 Å². The zero-order chi connectivity index (χ0) is 14.7. The fourth-order valence-corrected chi connectivity index (χ4v) is 2.64. The minimum atomic E-state index is 0.351. The van der Waals surface area contributed by atoms with Crippen LogP contribution >= 0.6 is 11.3 Å². The first-order chi connectivity index (χ1) is 10.2. The van der Waals surface area contributed by atoms with Crippen LogP contribution in [0.3, 0.4) is 0 Å². The minimum Gasteiger partial charge on any atom is -0.384 e. The van der Waals surface area contributed by atoms with Crippen LogP contribution in [0.1, 0.15) is 12.7 Å². The molecule has 0 amide bonds. The maximum atomic E-state index is 5.80. The number of benzene rings is 1. The second-order valence-electron chi connectivity index (χ2n) is 4.39. The van der Waals surface area contributed by atoms with Crippen molar-refractivity contribution in [2.75, 3.05) is 17.7 Å². The lowest BCUT2D eigenvalue weighted by Crippen LogP contribution is -2.05. The summed E-state index contributed by atoms with van der Waals surface area (Å²) in [5.74, 6) is 1.64. The molecule has 1 aromatic carbocycles. The molecule has 3 rings (SSSR count). The summed E-state index contributed by atoms with van der Waals surface area (Å²) in [6.07, 6.45) is 0. The number of hydrogen-bond donors (Lipinski definition) is 2. The Morgan fingerprint density at radius 2 is 2.19 bits per heavy atom. The summed E-state index contributed by atoms with van der Waals surface area (Å²) in [7, 11) is 0. The van der Waals surface area contributed by atoms with Gasteiger partial charge in [-0.25, -0.2) is 15.0 Å². The largest absolute Gasteiger partial charge is 0.384 e. The van der Waals surface area contributed by atoms with Crippen LogP contribution in [0.2, 0.25) is 0 Å². The molecule has 108 valence electrons. The van der Waals surface area contributed by atoms with Gasteiger partial charge in [-0.05, 0) is 25.1 Å². The first-order valence-electron chi connectivity index (χ1n) is 6.56. The molecule has 0 spiro atoms. The number of anilines is 3. The van der Waals surface area contributed by atoms with Gasteiger partial charge < -0.3 is 15.8 Å². The van der Waals surface area contributed by atoms with Crippen molar-refractivity contribution in [2.45, 2.75) is 13.5 Å². The first kappa shape index (κ1) is 13.7. The number of nitrogens with two attached hydrogens (primary N) is 1. The Morgan fingerprint density at radius 3 is 3.05 bits per heavy atom. The molecule has 2 aromatic heterocycles. The van der Waals surface area contributed by atoms with Gasteiger partial charge in [-0.2, -0.15) is 0 Å². The normalized spacial score (nSPS) is 10.9. The van der Waals surface area contributed by atoms with Crippen molar-refractivity contribution in [1.29, 1.82) is 0 Å². The van der Waals surface area contributed by atoms with E-state index in [4.69, 9.17) is 10.5 Å². The number of nitrogens with one attached hydrogen (secondary N) is 1. The van der Waals surface area contributed by atoms with Crippen molar-refractivity contribution in [3.05, 3.63) is 35.6 Å². The Kier molecular flexibility index (Phi) is 3.94. The summed E-state index contributed by atoms with van der Waals surface area (Å²) in [6.45, 7) is 2.89. The molecule has 0 saturated heterocycles. The van der Waals surface area contributed by atoms with Gasteiger partial charge in [0.1, 0.15) is 18.2 Å². The number of thiazole rings is 1. The van der Waals surface area contributed by atoms with E-state index in [9.17, 15) is 0 Å². The van der Waals surface area contributed by atoms with Crippen molar-refractivity contribution in [2.24, 2.45) is 0 Å². The van der Waals surface area contributed by atoms with Gasteiger partial charge in [0.25, 0.3) is 0 Å². The molecule has 0 aliphatic rings. The highest BCUT2D eigenvalue weighted by molar-refractivity contribution is 7.16. The SMILES string of the molecule is CCOCc1nc(N)cc(Nc2ccc3ncsc3c2)n1. The Balaban J connectivity index is 1.84. The number of fused-ring (bicyclic) bond motifs is 1. The first-order valence-corrected chi connectivity index (χ1v) is 7.44. The van der Waals surface area contributed by atoms with E-state index in [1.165, 1.54) is 0 Å². The number of hydrogen-bond acceptors (Lipinski definition) is 7. The predicted octanol–water partition coefficient (Wildman–Crippen LogP) is 2.95. The minimum absolute atomic E-state index is 0.351. The predicted molar refractivity (Wildman–Crippen MR) is 84.7 cm³/mol. The van der Waals surface area contributed by atoms with Crippen LogP contribution in [0.15, 0.2) is 29.8 Å². The smallest absolute Gasteiger partial charge is 0.158 e. The topological polar surface area (TPSA) is 86.0 Å². The van der Waals surface area contributed by atoms with Crippen LogP contribution in [-0.2, 0) is 11.3 Å². The maximum absolute atomic E-state index is 5.80. The van der Waals surface area contributed by atoms with Gasteiger partial charge in [0.05, 0.1) is 15.7 Å². The number of rotatable bonds is 5. The van der Waals surface area contributed by atoms with Crippen molar-refractivity contribution in [3.8, 4) is 0 Å². The fourth-order valence-electron chi connectivity index (χ4n) is 1.92. The van der Waals surface area contributed by atoms with Gasteiger partial charge in [-0.3, -0.25) is 0 Å². The summed E-state index contributed by atoms with van der Waals surface area (Å²) in [5.41, 5.74) is 9.56. The highest BCUT2D eigenvalue weighted by atomic mass is 32.1. The van der Waals surface area contributed by atoms with Gasteiger partial charge in [-0.1, -0.05) is 0 Å². The molecule has 0 saturated carbocycles. The molecule has 2 heterocycles. The summed E-state index contributed by atoms with van der Waals surface area (Å²) < 4.78 is 6.43. The third kappa shape index (κ3) is 3.26. The maximum Gasteiger partial charge on any atom is 0.158 e. The summed E-state index contributed by atoms with van der Waals surface area (Å²) in [4.78, 5) is 12.8. The molecule has 0 radical (unpaired) electrons. The zero-order valence-corrected chi connectivity index (χ0v) is 12.4. The molecule has 0 aliphatic heterocycles. The van der Waals surface area contributed by atoms with Gasteiger partial charge >= 0.3 is 0 Å². The Labute approximate surface area is 126 Å².